The summed E-state index contributed by atoms with van der Waals surface area (Å²) in [5.74, 6) is 5.85. The molecule has 0 atom stereocenters. The van der Waals surface area contributed by atoms with Crippen molar-refractivity contribution >= 4 is 11.9 Å². The SMILES string of the molecule is C=Cc1cnc(NN)cc1C. The number of aromatic nitrogens is 1. The lowest BCUT2D eigenvalue weighted by atomic mass is 10.1. The Hall–Kier alpha value is -1.35. The fourth-order valence-electron chi connectivity index (χ4n) is 0.859. The Kier molecular flexibility index (Phi) is 2.23. The van der Waals surface area contributed by atoms with Gasteiger partial charge in [0.15, 0.2) is 0 Å². The zero-order chi connectivity index (χ0) is 8.27. The molecule has 0 fully saturated rings. The quantitative estimate of drug-likeness (QED) is 0.492. The summed E-state index contributed by atoms with van der Waals surface area (Å²) in [6, 6.07) is 1.87. The number of nitrogens with one attached hydrogen (secondary N) is 1. The van der Waals surface area contributed by atoms with Crippen LogP contribution in [0, 0.1) is 6.92 Å². The number of rotatable bonds is 2. The molecular formula is C8H11N3. The van der Waals surface area contributed by atoms with Crippen LogP contribution < -0.4 is 11.3 Å². The number of anilines is 1. The molecule has 3 heteroatoms. The lowest BCUT2D eigenvalue weighted by Gasteiger charge is -2.02. The van der Waals surface area contributed by atoms with Crippen molar-refractivity contribution in [3.8, 4) is 0 Å². The second-order valence-corrected chi connectivity index (χ2v) is 2.27. The van der Waals surface area contributed by atoms with E-state index in [1.165, 1.54) is 0 Å². The Morgan fingerprint density at radius 2 is 2.45 bits per heavy atom. The van der Waals surface area contributed by atoms with Crippen LogP contribution in [0.4, 0.5) is 5.82 Å². The van der Waals surface area contributed by atoms with Crippen LogP contribution in [0.3, 0.4) is 0 Å². The predicted molar refractivity (Wildman–Crippen MR) is 46.9 cm³/mol. The molecule has 1 aromatic heterocycles. The molecule has 3 nitrogen and oxygen atoms in total. The van der Waals surface area contributed by atoms with Crippen LogP contribution in [0.15, 0.2) is 18.8 Å². The molecule has 0 unspecified atom stereocenters. The summed E-state index contributed by atoms with van der Waals surface area (Å²) >= 11 is 0. The van der Waals surface area contributed by atoms with Crippen LogP contribution in [-0.2, 0) is 0 Å². The number of nitrogens with two attached hydrogens (primary N) is 1. The van der Waals surface area contributed by atoms with Gasteiger partial charge in [-0.1, -0.05) is 12.7 Å². The number of hydrogen-bond acceptors (Lipinski definition) is 3. The van der Waals surface area contributed by atoms with Crippen molar-refractivity contribution in [2.45, 2.75) is 6.92 Å². The highest BCUT2D eigenvalue weighted by atomic mass is 15.2. The van der Waals surface area contributed by atoms with E-state index in [4.69, 9.17) is 5.84 Å². The van der Waals surface area contributed by atoms with E-state index in [9.17, 15) is 0 Å². The van der Waals surface area contributed by atoms with E-state index >= 15 is 0 Å². The summed E-state index contributed by atoms with van der Waals surface area (Å²) in [7, 11) is 0. The average Bonchev–Trinajstić information content (AvgIpc) is 2.04. The highest BCUT2D eigenvalue weighted by Gasteiger charge is 1.95. The minimum absolute atomic E-state index is 0.674. The van der Waals surface area contributed by atoms with Crippen molar-refractivity contribution in [1.29, 1.82) is 0 Å². The Bertz CT molecular complexity index is 268. The van der Waals surface area contributed by atoms with Crippen molar-refractivity contribution in [2.75, 3.05) is 5.43 Å². The normalized spacial score (nSPS) is 9.27. The fraction of sp³-hybridized carbons (Fsp3) is 0.125. The molecule has 58 valence electrons. The van der Waals surface area contributed by atoms with Crippen LogP contribution in [-0.4, -0.2) is 4.98 Å². The summed E-state index contributed by atoms with van der Waals surface area (Å²) < 4.78 is 0. The average molecular weight is 149 g/mol. The first-order valence-electron chi connectivity index (χ1n) is 3.33. The van der Waals surface area contributed by atoms with Crippen molar-refractivity contribution < 1.29 is 0 Å². The third-order valence-electron chi connectivity index (χ3n) is 1.52. The molecule has 0 saturated heterocycles. The van der Waals surface area contributed by atoms with E-state index in [0.717, 1.165) is 11.1 Å². The number of nitrogen functional groups attached to an aromatic ring is 1. The van der Waals surface area contributed by atoms with Crippen molar-refractivity contribution in [2.24, 2.45) is 5.84 Å². The lowest BCUT2D eigenvalue weighted by Crippen LogP contribution is -2.08. The Balaban J connectivity index is 3.09. The van der Waals surface area contributed by atoms with Gasteiger partial charge in [-0.2, -0.15) is 0 Å². The molecule has 0 radical (unpaired) electrons. The maximum absolute atomic E-state index is 5.17. The van der Waals surface area contributed by atoms with E-state index < -0.39 is 0 Å². The molecule has 0 saturated carbocycles. The third kappa shape index (κ3) is 1.56. The number of hydrogen-bond donors (Lipinski definition) is 2. The molecule has 0 aliphatic heterocycles. The highest BCUT2D eigenvalue weighted by Crippen LogP contribution is 2.11. The van der Waals surface area contributed by atoms with E-state index in [1.807, 2.05) is 13.0 Å². The van der Waals surface area contributed by atoms with Gasteiger partial charge in [0.2, 0.25) is 0 Å². The Morgan fingerprint density at radius 1 is 1.73 bits per heavy atom. The molecule has 11 heavy (non-hydrogen) atoms. The molecule has 0 amide bonds. The first kappa shape index (κ1) is 7.75. The van der Waals surface area contributed by atoms with Crippen molar-refractivity contribution in [3.05, 3.63) is 30.0 Å². The van der Waals surface area contributed by atoms with Crippen LogP contribution in [0.1, 0.15) is 11.1 Å². The van der Waals surface area contributed by atoms with Gasteiger partial charge in [-0.3, -0.25) is 0 Å². The predicted octanol–water partition coefficient (Wildman–Crippen LogP) is 1.32. The van der Waals surface area contributed by atoms with Gasteiger partial charge in [0.05, 0.1) is 0 Å². The second-order valence-electron chi connectivity index (χ2n) is 2.27. The van der Waals surface area contributed by atoms with Crippen molar-refractivity contribution in [3.63, 3.8) is 0 Å². The molecule has 0 aliphatic rings. The molecule has 1 heterocycles. The standard InChI is InChI=1S/C8H11N3/c1-3-7-5-10-8(11-9)4-6(7)2/h3-5H,1,9H2,2H3,(H,10,11). The van der Waals surface area contributed by atoms with Crippen molar-refractivity contribution in [1.82, 2.24) is 4.98 Å². The molecule has 0 spiro atoms. The summed E-state index contributed by atoms with van der Waals surface area (Å²) in [5.41, 5.74) is 4.62. The van der Waals surface area contributed by atoms with Gasteiger partial charge >= 0.3 is 0 Å². The second kappa shape index (κ2) is 3.16. The largest absolute Gasteiger partial charge is 0.308 e. The maximum Gasteiger partial charge on any atom is 0.140 e. The summed E-state index contributed by atoms with van der Waals surface area (Å²) in [5, 5.41) is 0. The fourth-order valence-corrected chi connectivity index (χ4v) is 0.859. The van der Waals surface area contributed by atoms with Gasteiger partial charge in [-0.15, -0.1) is 0 Å². The van der Waals surface area contributed by atoms with Gasteiger partial charge in [0.25, 0.3) is 0 Å². The number of nitrogens with zero attached hydrogens (tertiary/aromatic N) is 1. The zero-order valence-electron chi connectivity index (χ0n) is 6.46. The van der Waals surface area contributed by atoms with E-state index in [-0.39, 0.29) is 0 Å². The lowest BCUT2D eigenvalue weighted by molar-refractivity contribution is 1.20. The maximum atomic E-state index is 5.17. The highest BCUT2D eigenvalue weighted by molar-refractivity contribution is 5.53. The first-order chi connectivity index (χ1) is 5.27. The molecular weight excluding hydrogens is 138 g/mol. The third-order valence-corrected chi connectivity index (χ3v) is 1.52. The van der Waals surface area contributed by atoms with Crippen LogP contribution in [0.25, 0.3) is 6.08 Å². The molecule has 0 bridgehead atoms. The minimum atomic E-state index is 0.674. The molecule has 1 aromatic rings. The van der Waals surface area contributed by atoms with E-state index in [0.29, 0.717) is 5.82 Å². The summed E-state index contributed by atoms with van der Waals surface area (Å²) in [6.07, 6.45) is 3.50. The zero-order valence-corrected chi connectivity index (χ0v) is 6.46. The van der Waals surface area contributed by atoms with Crippen LogP contribution >= 0.6 is 0 Å². The Morgan fingerprint density at radius 3 is 2.91 bits per heavy atom. The number of pyridine rings is 1. The number of aryl methyl sites for hydroxylation is 1. The molecule has 1 rings (SSSR count). The van der Waals surface area contributed by atoms with E-state index in [2.05, 4.69) is 17.0 Å². The monoisotopic (exact) mass is 149 g/mol. The topological polar surface area (TPSA) is 50.9 Å². The van der Waals surface area contributed by atoms with Gasteiger partial charge < -0.3 is 5.43 Å². The molecule has 3 N–H and O–H groups in total. The van der Waals surface area contributed by atoms with Gasteiger partial charge in [-0.25, -0.2) is 10.8 Å². The summed E-state index contributed by atoms with van der Waals surface area (Å²) in [6.45, 7) is 5.64. The van der Waals surface area contributed by atoms with Crippen LogP contribution in [0.5, 0.6) is 0 Å². The van der Waals surface area contributed by atoms with Crippen LogP contribution in [0.2, 0.25) is 0 Å². The molecule has 0 aromatic carbocycles. The van der Waals surface area contributed by atoms with Gasteiger partial charge in [0, 0.05) is 6.20 Å². The van der Waals surface area contributed by atoms with Gasteiger partial charge in [-0.05, 0) is 24.1 Å². The minimum Gasteiger partial charge on any atom is -0.308 e. The van der Waals surface area contributed by atoms with Gasteiger partial charge in [0.1, 0.15) is 5.82 Å². The smallest absolute Gasteiger partial charge is 0.140 e. The summed E-state index contributed by atoms with van der Waals surface area (Å²) in [4.78, 5) is 4.02. The van der Waals surface area contributed by atoms with E-state index in [1.54, 1.807) is 12.3 Å². The Labute approximate surface area is 65.9 Å². The molecule has 0 aliphatic carbocycles. The first-order valence-corrected chi connectivity index (χ1v) is 3.33. The number of hydrazine groups is 1.